The fourth-order valence-corrected chi connectivity index (χ4v) is 5.75. The first-order valence-electron chi connectivity index (χ1n) is 12.1. The van der Waals surface area contributed by atoms with Gasteiger partial charge >= 0.3 is 11.9 Å². The number of alkyl halides is 3. The van der Waals surface area contributed by atoms with Gasteiger partial charge in [-0.3, -0.25) is 9.59 Å². The Hall–Kier alpha value is -4.65. The number of carbonyl (C=O) groups excluding carboxylic acids is 2. The number of benzene rings is 2. The van der Waals surface area contributed by atoms with Crippen LogP contribution in [0, 0.1) is 6.92 Å². The van der Waals surface area contributed by atoms with E-state index in [9.17, 15) is 27.6 Å². The van der Waals surface area contributed by atoms with Crippen molar-refractivity contribution in [1.82, 2.24) is 18.9 Å². The molecule has 5 rings (SSSR count). The van der Waals surface area contributed by atoms with E-state index < -0.39 is 22.9 Å². The molecule has 13 heteroatoms. The number of thiophene rings is 1. The van der Waals surface area contributed by atoms with Gasteiger partial charge in [0.25, 0.3) is 5.91 Å². The van der Waals surface area contributed by atoms with E-state index in [0.717, 1.165) is 0 Å². The predicted molar refractivity (Wildman–Crippen MR) is 146 cm³/mol. The highest BCUT2D eigenvalue weighted by molar-refractivity contribution is 7.16. The summed E-state index contributed by atoms with van der Waals surface area (Å²) in [7, 11) is 1.54. The number of nitrogens with two attached hydrogens (primary N) is 1. The standard InChI is InChI=1S/C27H23F3N6O3S/c1-4-35-20(15-8-10-18(11-9-15)36-14(2)33-34(3)26(36)39)13-19-21(35)22(40-23(19)27(28,29)30)25(38)32-17-7-5-6-16(12-17)24(31)37/h5-13H,4H2,1-3H3,(H2,31,37)(H,32,38). The first-order chi connectivity index (χ1) is 18.9. The Morgan fingerprint density at radius 1 is 1.10 bits per heavy atom. The maximum Gasteiger partial charge on any atom is 0.426 e. The van der Waals surface area contributed by atoms with E-state index in [2.05, 4.69) is 10.4 Å². The molecular formula is C27H23F3N6O3S. The summed E-state index contributed by atoms with van der Waals surface area (Å²) in [5.74, 6) is -0.953. The Balaban J connectivity index is 1.61. The molecule has 3 aromatic heterocycles. The second-order valence-corrected chi connectivity index (χ2v) is 10.0. The van der Waals surface area contributed by atoms with E-state index in [1.165, 1.54) is 39.6 Å². The highest BCUT2D eigenvalue weighted by Gasteiger charge is 2.38. The molecule has 0 saturated carbocycles. The van der Waals surface area contributed by atoms with Crippen molar-refractivity contribution in [3.8, 4) is 16.9 Å². The zero-order valence-electron chi connectivity index (χ0n) is 21.5. The van der Waals surface area contributed by atoms with Crippen molar-refractivity contribution in [2.75, 3.05) is 5.32 Å². The SMILES string of the molecule is CCn1c(-c2ccc(-n3c(C)nn(C)c3=O)cc2)cc2c(C(F)(F)F)sc(C(=O)Nc3cccc(C(N)=O)c3)c21. The molecule has 3 N–H and O–H groups in total. The number of carbonyl (C=O) groups is 2. The quantitative estimate of drug-likeness (QED) is 0.301. The first-order valence-corrected chi connectivity index (χ1v) is 12.9. The smallest absolute Gasteiger partial charge is 0.366 e. The lowest BCUT2D eigenvalue weighted by Gasteiger charge is -2.11. The number of nitrogens with one attached hydrogen (secondary N) is 1. The number of halogens is 3. The number of primary amides is 1. The molecule has 0 aliphatic carbocycles. The van der Waals surface area contributed by atoms with Crippen LogP contribution in [-0.4, -0.2) is 30.7 Å². The summed E-state index contributed by atoms with van der Waals surface area (Å²) < 4.78 is 46.6. The molecular weight excluding hydrogens is 545 g/mol. The number of aryl methyl sites for hydroxylation is 3. The minimum absolute atomic E-state index is 0.0891. The summed E-state index contributed by atoms with van der Waals surface area (Å²) >= 11 is 0.366. The second-order valence-electron chi connectivity index (χ2n) is 9.03. The number of fused-ring (bicyclic) bond motifs is 1. The molecule has 2 aromatic carbocycles. The maximum atomic E-state index is 14.1. The minimum atomic E-state index is -4.69. The molecule has 2 amide bonds. The fraction of sp³-hybridized carbons (Fsp3) is 0.185. The Morgan fingerprint density at radius 2 is 1.80 bits per heavy atom. The van der Waals surface area contributed by atoms with E-state index in [1.807, 2.05) is 0 Å². The van der Waals surface area contributed by atoms with Gasteiger partial charge in [0.15, 0.2) is 0 Å². The number of hydrogen-bond acceptors (Lipinski definition) is 5. The van der Waals surface area contributed by atoms with Crippen molar-refractivity contribution in [2.24, 2.45) is 12.8 Å². The Kier molecular flexibility index (Phi) is 6.62. The number of rotatable bonds is 6. The molecule has 0 radical (unpaired) electrons. The van der Waals surface area contributed by atoms with Gasteiger partial charge in [0.2, 0.25) is 5.91 Å². The lowest BCUT2D eigenvalue weighted by molar-refractivity contribution is -0.133. The molecule has 3 heterocycles. The van der Waals surface area contributed by atoms with Crippen LogP contribution >= 0.6 is 11.3 Å². The maximum absolute atomic E-state index is 14.1. The highest BCUT2D eigenvalue weighted by Crippen LogP contribution is 2.45. The molecule has 0 fully saturated rings. The number of hydrogen-bond donors (Lipinski definition) is 2. The molecule has 0 aliphatic rings. The fourth-order valence-electron chi connectivity index (χ4n) is 4.71. The lowest BCUT2D eigenvalue weighted by atomic mass is 10.1. The molecule has 206 valence electrons. The Morgan fingerprint density at radius 3 is 2.38 bits per heavy atom. The summed E-state index contributed by atoms with van der Waals surface area (Å²) in [6, 6.07) is 14.1. The van der Waals surface area contributed by atoms with E-state index in [-0.39, 0.29) is 39.3 Å². The van der Waals surface area contributed by atoms with E-state index in [4.69, 9.17) is 5.73 Å². The largest absolute Gasteiger partial charge is 0.426 e. The second kappa shape index (κ2) is 9.83. The first kappa shape index (κ1) is 26.9. The number of nitrogens with zero attached hydrogens (tertiary/aromatic N) is 4. The molecule has 9 nitrogen and oxygen atoms in total. The third-order valence-corrected chi connectivity index (χ3v) is 7.69. The average molecular weight is 569 g/mol. The van der Waals surface area contributed by atoms with Gasteiger partial charge in [0, 0.05) is 35.9 Å². The molecule has 0 unspecified atom stereocenters. The summed E-state index contributed by atoms with van der Waals surface area (Å²) in [5, 5.41) is 6.62. The van der Waals surface area contributed by atoms with Crippen molar-refractivity contribution >= 4 is 39.7 Å². The van der Waals surface area contributed by atoms with Crippen LogP contribution in [0.2, 0.25) is 0 Å². The van der Waals surface area contributed by atoms with Crippen molar-refractivity contribution in [2.45, 2.75) is 26.6 Å². The van der Waals surface area contributed by atoms with Crippen LogP contribution in [0.1, 0.15) is 37.7 Å². The zero-order chi connectivity index (χ0) is 28.9. The predicted octanol–water partition coefficient (Wildman–Crippen LogP) is 4.95. The van der Waals surface area contributed by atoms with Gasteiger partial charge in [-0.15, -0.1) is 11.3 Å². The molecule has 0 atom stereocenters. The topological polar surface area (TPSA) is 117 Å². The monoisotopic (exact) mass is 568 g/mol. The van der Waals surface area contributed by atoms with Gasteiger partial charge < -0.3 is 15.6 Å². The zero-order valence-corrected chi connectivity index (χ0v) is 22.4. The molecule has 0 aliphatic heterocycles. The van der Waals surface area contributed by atoms with Crippen molar-refractivity contribution in [1.29, 1.82) is 0 Å². The van der Waals surface area contributed by atoms with Crippen LogP contribution in [0.25, 0.3) is 27.8 Å². The summed E-state index contributed by atoms with van der Waals surface area (Å²) in [5.41, 5.74) is 7.16. The van der Waals surface area contributed by atoms with Crippen LogP contribution in [0.15, 0.2) is 59.4 Å². The third kappa shape index (κ3) is 4.57. The van der Waals surface area contributed by atoms with Crippen LogP contribution in [0.4, 0.5) is 18.9 Å². The molecule has 0 spiro atoms. The normalized spacial score (nSPS) is 11.8. The molecule has 0 saturated heterocycles. The van der Waals surface area contributed by atoms with Crippen LogP contribution in [-0.2, 0) is 19.8 Å². The van der Waals surface area contributed by atoms with E-state index in [0.29, 0.717) is 34.1 Å². The van der Waals surface area contributed by atoms with E-state index in [1.54, 1.807) is 49.7 Å². The number of anilines is 1. The summed E-state index contributed by atoms with van der Waals surface area (Å²) in [6.07, 6.45) is -4.69. The van der Waals surface area contributed by atoms with Crippen LogP contribution in [0.5, 0.6) is 0 Å². The lowest BCUT2D eigenvalue weighted by Crippen LogP contribution is -2.21. The van der Waals surface area contributed by atoms with Gasteiger partial charge in [-0.2, -0.15) is 18.3 Å². The van der Waals surface area contributed by atoms with Gasteiger partial charge in [0.1, 0.15) is 15.6 Å². The summed E-state index contributed by atoms with van der Waals surface area (Å²) in [6.45, 7) is 3.76. The number of amides is 2. The number of aromatic nitrogens is 4. The van der Waals surface area contributed by atoms with Crippen molar-refractivity contribution in [3.05, 3.63) is 86.2 Å². The molecule has 40 heavy (non-hydrogen) atoms. The van der Waals surface area contributed by atoms with Gasteiger partial charge in [0.05, 0.1) is 11.2 Å². The Labute approximate surface area is 229 Å². The summed E-state index contributed by atoms with van der Waals surface area (Å²) in [4.78, 5) is 36.2. The minimum Gasteiger partial charge on any atom is -0.366 e. The van der Waals surface area contributed by atoms with Crippen molar-refractivity contribution in [3.63, 3.8) is 0 Å². The van der Waals surface area contributed by atoms with Gasteiger partial charge in [-0.25, -0.2) is 14.0 Å². The molecule has 5 aromatic rings. The van der Waals surface area contributed by atoms with E-state index >= 15 is 0 Å². The van der Waals surface area contributed by atoms with Gasteiger partial charge in [-0.1, -0.05) is 18.2 Å². The van der Waals surface area contributed by atoms with Crippen molar-refractivity contribution < 1.29 is 22.8 Å². The van der Waals surface area contributed by atoms with Crippen LogP contribution in [0.3, 0.4) is 0 Å². The third-order valence-electron chi connectivity index (χ3n) is 6.45. The Bertz CT molecular complexity index is 1840. The van der Waals surface area contributed by atoms with Crippen LogP contribution < -0.4 is 16.7 Å². The highest BCUT2D eigenvalue weighted by atomic mass is 32.1. The van der Waals surface area contributed by atoms with Gasteiger partial charge in [-0.05, 0) is 55.8 Å². The molecule has 0 bridgehead atoms. The average Bonchev–Trinajstić information content (AvgIpc) is 3.53.